The second kappa shape index (κ2) is 8.23. The Hall–Kier alpha value is -2.89. The molecule has 0 aromatic heterocycles. The number of carbonyl (C=O) groups excluding carboxylic acids is 1. The van der Waals surface area contributed by atoms with E-state index in [1.165, 1.54) is 0 Å². The van der Waals surface area contributed by atoms with Gasteiger partial charge in [-0.1, -0.05) is 39.7 Å². The third kappa shape index (κ3) is 4.11. The van der Waals surface area contributed by atoms with E-state index in [0.717, 1.165) is 27.0 Å². The minimum Gasteiger partial charge on any atom is -0.497 e. The Bertz CT molecular complexity index is 1110. The average molecular weight is 468 g/mol. The number of benzene rings is 3. The maximum atomic E-state index is 13.2. The SMILES string of the molecule is COc1ccc(/C=C2/N=C(c3ccc(Cl)cc3)N(c3ccc(Br)cc3)C2=O)cc1. The Balaban J connectivity index is 1.78. The van der Waals surface area contributed by atoms with Crippen LogP contribution in [0.25, 0.3) is 6.08 Å². The van der Waals surface area contributed by atoms with E-state index in [2.05, 4.69) is 20.9 Å². The first-order valence-electron chi connectivity index (χ1n) is 8.85. The number of halogens is 2. The number of ether oxygens (including phenoxy) is 1. The molecule has 3 aromatic rings. The molecule has 29 heavy (non-hydrogen) atoms. The molecule has 3 aromatic carbocycles. The number of anilines is 1. The second-order valence-electron chi connectivity index (χ2n) is 6.36. The van der Waals surface area contributed by atoms with E-state index in [1.807, 2.05) is 60.7 Å². The van der Waals surface area contributed by atoms with Crippen molar-refractivity contribution in [3.63, 3.8) is 0 Å². The van der Waals surface area contributed by atoms with Gasteiger partial charge in [-0.15, -0.1) is 0 Å². The molecule has 0 unspecified atom stereocenters. The van der Waals surface area contributed by atoms with E-state index >= 15 is 0 Å². The highest BCUT2D eigenvalue weighted by molar-refractivity contribution is 9.10. The Morgan fingerprint density at radius 1 is 0.966 bits per heavy atom. The van der Waals surface area contributed by atoms with E-state index in [1.54, 1.807) is 30.2 Å². The fraction of sp³-hybridized carbons (Fsp3) is 0.0435. The molecule has 4 nitrogen and oxygen atoms in total. The van der Waals surface area contributed by atoms with Crippen molar-refractivity contribution in [1.82, 2.24) is 0 Å². The van der Waals surface area contributed by atoms with Gasteiger partial charge >= 0.3 is 0 Å². The molecule has 0 spiro atoms. The third-order valence-corrected chi connectivity index (χ3v) is 5.25. The van der Waals surface area contributed by atoms with E-state index in [0.29, 0.717) is 16.6 Å². The zero-order chi connectivity index (χ0) is 20.4. The van der Waals surface area contributed by atoms with Crippen LogP contribution in [0, 0.1) is 0 Å². The molecular formula is C23H16BrClN2O2. The van der Waals surface area contributed by atoms with Gasteiger partial charge in [-0.3, -0.25) is 9.69 Å². The summed E-state index contributed by atoms with van der Waals surface area (Å²) in [5.74, 6) is 1.13. The number of hydrogen-bond donors (Lipinski definition) is 0. The number of amides is 1. The number of amidine groups is 1. The number of rotatable bonds is 4. The predicted molar refractivity (Wildman–Crippen MR) is 121 cm³/mol. The first-order chi connectivity index (χ1) is 14.0. The summed E-state index contributed by atoms with van der Waals surface area (Å²) in [5, 5.41) is 0.628. The van der Waals surface area contributed by atoms with Gasteiger partial charge in [0.05, 0.1) is 12.8 Å². The van der Waals surface area contributed by atoms with Crippen LogP contribution in [0.1, 0.15) is 11.1 Å². The normalized spacial score (nSPS) is 15.0. The quantitative estimate of drug-likeness (QED) is 0.445. The monoisotopic (exact) mass is 466 g/mol. The van der Waals surface area contributed by atoms with E-state index < -0.39 is 0 Å². The first-order valence-corrected chi connectivity index (χ1v) is 10.0. The fourth-order valence-electron chi connectivity index (χ4n) is 3.00. The topological polar surface area (TPSA) is 41.9 Å². The van der Waals surface area contributed by atoms with Gasteiger partial charge in [0.25, 0.3) is 5.91 Å². The van der Waals surface area contributed by atoms with Crippen LogP contribution >= 0.6 is 27.5 Å². The molecule has 1 heterocycles. The van der Waals surface area contributed by atoms with Crippen molar-refractivity contribution in [2.75, 3.05) is 12.0 Å². The van der Waals surface area contributed by atoms with Crippen molar-refractivity contribution in [2.45, 2.75) is 0 Å². The summed E-state index contributed by atoms with van der Waals surface area (Å²) in [7, 11) is 1.62. The van der Waals surface area contributed by atoms with Crippen LogP contribution in [-0.2, 0) is 4.79 Å². The molecule has 0 saturated heterocycles. The molecule has 144 valence electrons. The summed E-state index contributed by atoms with van der Waals surface area (Å²) in [6, 6.07) is 22.3. The molecule has 1 amide bonds. The minimum absolute atomic E-state index is 0.187. The number of aliphatic imine (C=N–C) groups is 1. The second-order valence-corrected chi connectivity index (χ2v) is 7.71. The van der Waals surface area contributed by atoms with Crippen LogP contribution < -0.4 is 9.64 Å². The standard InChI is InChI=1S/C23H16BrClN2O2/c1-29-20-12-2-15(3-13-20)14-21-23(28)27(19-10-6-17(24)7-11-19)22(26-21)16-4-8-18(25)9-5-16/h2-14H,1H3/b21-14+. The lowest BCUT2D eigenvalue weighted by molar-refractivity contribution is -0.113. The molecule has 1 aliphatic rings. The van der Waals surface area contributed by atoms with Crippen LogP contribution in [0.2, 0.25) is 5.02 Å². The minimum atomic E-state index is -0.187. The predicted octanol–water partition coefficient (Wildman–Crippen LogP) is 5.95. The van der Waals surface area contributed by atoms with Gasteiger partial charge in [0.1, 0.15) is 17.3 Å². The smallest absolute Gasteiger partial charge is 0.282 e. The molecule has 0 N–H and O–H groups in total. The maximum Gasteiger partial charge on any atom is 0.282 e. The molecule has 0 aliphatic carbocycles. The molecule has 0 fully saturated rings. The highest BCUT2D eigenvalue weighted by atomic mass is 79.9. The Morgan fingerprint density at radius 2 is 1.62 bits per heavy atom. The van der Waals surface area contributed by atoms with Gasteiger partial charge in [0, 0.05) is 15.1 Å². The molecule has 0 atom stereocenters. The third-order valence-electron chi connectivity index (χ3n) is 4.47. The lowest BCUT2D eigenvalue weighted by Gasteiger charge is -2.18. The van der Waals surface area contributed by atoms with E-state index in [4.69, 9.17) is 16.3 Å². The van der Waals surface area contributed by atoms with Gasteiger partial charge in [0.15, 0.2) is 0 Å². The summed E-state index contributed by atoms with van der Waals surface area (Å²) in [5.41, 5.74) is 2.78. The summed E-state index contributed by atoms with van der Waals surface area (Å²) in [4.78, 5) is 19.5. The van der Waals surface area contributed by atoms with Gasteiger partial charge in [-0.25, -0.2) is 4.99 Å². The molecule has 0 bridgehead atoms. The van der Waals surface area contributed by atoms with E-state index in [-0.39, 0.29) is 5.91 Å². The van der Waals surface area contributed by atoms with Gasteiger partial charge < -0.3 is 4.74 Å². The van der Waals surface area contributed by atoms with Gasteiger partial charge in [0.2, 0.25) is 0 Å². The number of nitrogens with zero attached hydrogens (tertiary/aromatic N) is 2. The zero-order valence-corrected chi connectivity index (χ0v) is 17.8. The van der Waals surface area contributed by atoms with Crippen molar-refractivity contribution in [3.8, 4) is 5.75 Å². The van der Waals surface area contributed by atoms with Crippen LogP contribution in [0.3, 0.4) is 0 Å². The van der Waals surface area contributed by atoms with Crippen LogP contribution in [0.15, 0.2) is 88.0 Å². The summed E-state index contributed by atoms with van der Waals surface area (Å²) in [6.45, 7) is 0. The molecule has 0 radical (unpaired) electrons. The van der Waals surface area contributed by atoms with Gasteiger partial charge in [-0.05, 0) is 72.3 Å². The van der Waals surface area contributed by atoms with Crippen molar-refractivity contribution < 1.29 is 9.53 Å². The number of hydrogen-bond acceptors (Lipinski definition) is 3. The average Bonchev–Trinajstić information content (AvgIpc) is 3.06. The number of methoxy groups -OCH3 is 1. The summed E-state index contributed by atoms with van der Waals surface area (Å²) < 4.78 is 6.13. The highest BCUT2D eigenvalue weighted by Crippen LogP contribution is 2.29. The van der Waals surface area contributed by atoms with Gasteiger partial charge in [-0.2, -0.15) is 0 Å². The van der Waals surface area contributed by atoms with Crippen LogP contribution in [0.4, 0.5) is 5.69 Å². The molecule has 6 heteroatoms. The van der Waals surface area contributed by atoms with Crippen molar-refractivity contribution >= 4 is 51.0 Å². The number of carbonyl (C=O) groups is 1. The highest BCUT2D eigenvalue weighted by Gasteiger charge is 2.32. The van der Waals surface area contributed by atoms with E-state index in [9.17, 15) is 4.79 Å². The van der Waals surface area contributed by atoms with Crippen molar-refractivity contribution in [3.05, 3.63) is 99.1 Å². The largest absolute Gasteiger partial charge is 0.497 e. The first kappa shape index (κ1) is 19.4. The summed E-state index contributed by atoms with van der Waals surface area (Å²) >= 11 is 9.47. The lowest BCUT2D eigenvalue weighted by Crippen LogP contribution is -2.32. The zero-order valence-electron chi connectivity index (χ0n) is 15.5. The van der Waals surface area contributed by atoms with Crippen molar-refractivity contribution in [2.24, 2.45) is 4.99 Å². The Labute approximate surface area is 182 Å². The Kier molecular flexibility index (Phi) is 5.51. The molecule has 0 saturated carbocycles. The fourth-order valence-corrected chi connectivity index (χ4v) is 3.39. The van der Waals surface area contributed by atoms with Crippen molar-refractivity contribution in [1.29, 1.82) is 0 Å². The molecular weight excluding hydrogens is 452 g/mol. The van der Waals surface area contributed by atoms with Crippen LogP contribution in [-0.4, -0.2) is 18.9 Å². The lowest BCUT2D eigenvalue weighted by atomic mass is 10.1. The molecule has 1 aliphatic heterocycles. The maximum absolute atomic E-state index is 13.2. The Morgan fingerprint density at radius 3 is 2.24 bits per heavy atom. The van der Waals surface area contributed by atoms with Crippen LogP contribution in [0.5, 0.6) is 5.75 Å². The molecule has 4 rings (SSSR count). The summed E-state index contributed by atoms with van der Waals surface area (Å²) in [6.07, 6.45) is 1.77.